The molecule has 0 aliphatic carbocycles. The zero-order valence-electron chi connectivity index (χ0n) is 57.3. The van der Waals surface area contributed by atoms with Gasteiger partial charge >= 0.3 is 0 Å². The van der Waals surface area contributed by atoms with Crippen LogP contribution in [0.4, 0.5) is 0 Å². The van der Waals surface area contributed by atoms with Gasteiger partial charge in [0.2, 0.25) is 0 Å². The molecule has 0 fully saturated rings. The second kappa shape index (κ2) is 30.8. The summed E-state index contributed by atoms with van der Waals surface area (Å²) in [5, 5.41) is 4.94. The van der Waals surface area contributed by atoms with E-state index in [0.29, 0.717) is 23.7 Å². The number of rotatable bonds is 15. The molecule has 8 heteroatoms. The molecule has 0 unspecified atom stereocenters. The average molecular weight is 1210 g/mol. The molecule has 0 aliphatic heterocycles. The molecule has 0 aliphatic rings. The van der Waals surface area contributed by atoms with Gasteiger partial charge in [-0.3, -0.25) is 0 Å². The molecule has 0 saturated carbocycles. The van der Waals surface area contributed by atoms with Gasteiger partial charge in [-0.2, -0.15) is 0 Å². The normalized spacial score (nSPS) is 11.3. The second-order valence-electron chi connectivity index (χ2n) is 25.4. The molecule has 12 aromatic rings. The van der Waals surface area contributed by atoms with Crippen molar-refractivity contribution in [1.82, 2.24) is 19.9 Å². The standard InChI is InChI=1S/3C21H25N2.C20H23N2/c1-5-16(6-2)18-12-9-13-19-20(18)22-14-23(4)21(19)17-11-8-7-10-15(17)3;1-5-16(6-2)17-11-12-20-19(13-17)21(23(4)14-22-20)18-10-8-7-9-15(18)3;1-5-16(6-2)17-11-12-19-20(13-17)22-14-23(4)21(19)18-10-8-7-9-15(18)3;1-14(2)11-16-9-10-19-18(12-16)20(22(4)13-21-19)17-8-6-5-7-15(17)3/h3*7-14,16H,5-6H2,1-4H3;5-10,12-14H,11H2,1-4H3/q4*+1. The third-order valence-electron chi connectivity index (χ3n) is 18.7. The lowest BCUT2D eigenvalue weighted by Gasteiger charge is -2.14. The predicted molar refractivity (Wildman–Crippen MR) is 381 cm³/mol. The van der Waals surface area contributed by atoms with E-state index in [2.05, 4.69) is 314 Å². The van der Waals surface area contributed by atoms with Crippen molar-refractivity contribution in [2.45, 2.75) is 146 Å². The van der Waals surface area contributed by atoms with Crippen LogP contribution >= 0.6 is 0 Å². The quantitative estimate of drug-likeness (QED) is 0.0960. The summed E-state index contributed by atoms with van der Waals surface area (Å²) in [7, 11) is 8.31. The Bertz CT molecular complexity index is 4400. The van der Waals surface area contributed by atoms with E-state index in [1.54, 1.807) is 0 Å². The maximum absolute atomic E-state index is 4.78. The SMILES string of the molecule is CCC(CC)c1ccc2c(-c3ccccc3C)[n+](C)cnc2c1.CCC(CC)c1ccc2nc[n+](C)c(-c3ccccc3C)c2c1.CCC(CC)c1cccc2c(-c3ccccc3C)[n+](C)cnc12.Cc1ccccc1-c1c2cc(CC(C)C)ccc2nc[n+]1C. The fraction of sp³-hybridized carbons (Fsp3) is 0.325. The molecular weight excluding hydrogens is 1110 g/mol. The van der Waals surface area contributed by atoms with E-state index in [1.165, 1.54) is 137 Å². The highest BCUT2D eigenvalue weighted by atomic mass is 15.0. The summed E-state index contributed by atoms with van der Waals surface area (Å²) < 4.78 is 8.54. The highest BCUT2D eigenvalue weighted by Gasteiger charge is 2.24. The van der Waals surface area contributed by atoms with Crippen molar-refractivity contribution in [3.63, 3.8) is 0 Å². The zero-order valence-corrected chi connectivity index (χ0v) is 57.3. The Morgan fingerprint density at radius 2 is 0.703 bits per heavy atom. The van der Waals surface area contributed by atoms with E-state index in [1.807, 2.05) is 25.3 Å². The number of aromatic nitrogens is 8. The van der Waals surface area contributed by atoms with Crippen LogP contribution in [0.5, 0.6) is 0 Å². The smallest absolute Gasteiger partial charge is 0.232 e. The van der Waals surface area contributed by atoms with Crippen LogP contribution in [0.3, 0.4) is 0 Å². The first kappa shape index (κ1) is 66.5. The van der Waals surface area contributed by atoms with E-state index < -0.39 is 0 Å². The monoisotopic (exact) mass is 1210 g/mol. The van der Waals surface area contributed by atoms with Crippen LogP contribution in [-0.2, 0) is 34.6 Å². The fourth-order valence-corrected chi connectivity index (χ4v) is 13.5. The molecule has 12 rings (SSSR count). The Hall–Kier alpha value is -8.88. The largest absolute Gasteiger partial charge is 0.287 e. The lowest BCUT2D eigenvalue weighted by Crippen LogP contribution is -2.32. The summed E-state index contributed by atoms with van der Waals surface area (Å²) in [6, 6.07) is 61.1. The zero-order chi connectivity index (χ0) is 64.9. The first-order valence-corrected chi connectivity index (χ1v) is 33.4. The first-order valence-electron chi connectivity index (χ1n) is 33.4. The van der Waals surface area contributed by atoms with Gasteiger partial charge in [-0.15, -0.1) is 0 Å². The Morgan fingerprint density at radius 1 is 0.330 bits per heavy atom. The average Bonchev–Trinajstić information content (AvgIpc) is 0.831. The van der Waals surface area contributed by atoms with Crippen LogP contribution in [0.15, 0.2) is 195 Å². The van der Waals surface area contributed by atoms with Gasteiger partial charge in [0.1, 0.15) is 22.8 Å². The van der Waals surface area contributed by atoms with Gasteiger partial charge in [0.05, 0.1) is 49.7 Å². The van der Waals surface area contributed by atoms with Gasteiger partial charge in [-0.05, 0) is 198 Å². The topological polar surface area (TPSA) is 67.1 Å². The van der Waals surface area contributed by atoms with Crippen molar-refractivity contribution in [1.29, 1.82) is 0 Å². The number of fused-ring (bicyclic) bond motifs is 4. The van der Waals surface area contributed by atoms with Gasteiger partial charge in [0, 0.05) is 27.8 Å². The summed E-state index contributed by atoms with van der Waals surface area (Å²) in [5.41, 5.74) is 25.2. The molecule has 4 heterocycles. The summed E-state index contributed by atoms with van der Waals surface area (Å²) >= 11 is 0. The van der Waals surface area contributed by atoms with Crippen molar-refractivity contribution in [3.8, 4) is 45.0 Å². The minimum absolute atomic E-state index is 0.573. The Kier molecular flexibility index (Phi) is 22.5. The molecule has 0 spiro atoms. The maximum Gasteiger partial charge on any atom is 0.287 e. The van der Waals surface area contributed by atoms with Gasteiger partial charge in [-0.25, -0.2) is 18.3 Å². The molecule has 466 valence electrons. The van der Waals surface area contributed by atoms with E-state index in [9.17, 15) is 0 Å². The van der Waals surface area contributed by atoms with Crippen molar-refractivity contribution in [2.75, 3.05) is 0 Å². The van der Waals surface area contributed by atoms with Crippen LogP contribution in [0, 0.1) is 33.6 Å². The number of benzene rings is 8. The molecule has 0 N–H and O–H groups in total. The number of nitrogens with zero attached hydrogens (tertiary/aromatic N) is 8. The number of hydrogen-bond acceptors (Lipinski definition) is 4. The van der Waals surface area contributed by atoms with Crippen LogP contribution in [0.25, 0.3) is 88.6 Å². The fourth-order valence-electron chi connectivity index (χ4n) is 13.5. The molecule has 0 atom stereocenters. The molecule has 4 aromatic heterocycles. The highest BCUT2D eigenvalue weighted by molar-refractivity contribution is 5.95. The summed E-state index contributed by atoms with van der Waals surface area (Å²) in [4.78, 5) is 18.6. The summed E-state index contributed by atoms with van der Waals surface area (Å²) in [6.45, 7) is 26.8. The molecule has 0 radical (unpaired) electrons. The van der Waals surface area contributed by atoms with Crippen molar-refractivity contribution >= 4 is 43.6 Å². The van der Waals surface area contributed by atoms with Gasteiger partial charge in [0.25, 0.3) is 25.3 Å². The first-order chi connectivity index (χ1) is 44.0. The molecule has 8 aromatic carbocycles. The van der Waals surface area contributed by atoms with Crippen LogP contribution in [0.1, 0.15) is 156 Å². The van der Waals surface area contributed by atoms with Crippen molar-refractivity contribution in [2.24, 2.45) is 34.1 Å². The van der Waals surface area contributed by atoms with E-state index in [4.69, 9.17) is 4.98 Å². The molecule has 91 heavy (non-hydrogen) atoms. The third-order valence-corrected chi connectivity index (χ3v) is 18.7. The minimum Gasteiger partial charge on any atom is -0.232 e. The van der Waals surface area contributed by atoms with Crippen LogP contribution < -0.4 is 18.3 Å². The Balaban J connectivity index is 0.000000144. The number of para-hydroxylation sites is 1. The van der Waals surface area contributed by atoms with E-state index in [-0.39, 0.29) is 0 Å². The second-order valence-corrected chi connectivity index (χ2v) is 25.4. The van der Waals surface area contributed by atoms with Crippen molar-refractivity contribution in [3.05, 3.63) is 240 Å². The Labute approximate surface area is 543 Å². The van der Waals surface area contributed by atoms with E-state index in [0.717, 1.165) is 41.3 Å². The summed E-state index contributed by atoms with van der Waals surface area (Å²) in [5.74, 6) is 2.47. The van der Waals surface area contributed by atoms with Crippen LogP contribution in [0.2, 0.25) is 0 Å². The van der Waals surface area contributed by atoms with Gasteiger partial charge < -0.3 is 0 Å². The number of hydrogen-bond donors (Lipinski definition) is 0. The van der Waals surface area contributed by atoms with Gasteiger partial charge in [0.15, 0.2) is 22.1 Å². The minimum atomic E-state index is 0.573. The highest BCUT2D eigenvalue weighted by Crippen LogP contribution is 2.36. The van der Waals surface area contributed by atoms with Crippen molar-refractivity contribution < 1.29 is 18.3 Å². The van der Waals surface area contributed by atoms with Crippen LogP contribution in [-0.4, -0.2) is 19.9 Å². The third kappa shape index (κ3) is 15.0. The van der Waals surface area contributed by atoms with E-state index >= 15 is 0 Å². The lowest BCUT2D eigenvalue weighted by atomic mass is 9.90. The molecule has 0 saturated heterocycles. The molecule has 0 amide bonds. The van der Waals surface area contributed by atoms with Gasteiger partial charge in [-0.1, -0.05) is 183 Å². The maximum atomic E-state index is 4.78. The molecule has 0 bridgehead atoms. The lowest BCUT2D eigenvalue weighted by molar-refractivity contribution is -0.662. The number of aryl methyl sites for hydroxylation is 8. The Morgan fingerprint density at radius 3 is 1.14 bits per heavy atom. The molecular formula is C83H98N8+4. The summed E-state index contributed by atoms with van der Waals surface area (Å²) in [6.07, 6.45) is 15.8. The predicted octanol–water partition coefficient (Wildman–Crippen LogP) is 19.0. The molecule has 8 nitrogen and oxygen atoms in total.